The number of carbonyl (C=O) groups is 2. The number of anilines is 1. The Morgan fingerprint density at radius 3 is 2.46 bits per heavy atom. The summed E-state index contributed by atoms with van der Waals surface area (Å²) in [4.78, 5) is 51.3. The van der Waals surface area contributed by atoms with E-state index in [1.165, 1.54) is 29.1 Å². The Balaban J connectivity index is 1.66. The third kappa shape index (κ3) is 5.02. The number of hydrogen-bond donors (Lipinski definition) is 1. The number of nitrogens with one attached hydrogen (secondary N) is 1. The van der Waals surface area contributed by atoms with Gasteiger partial charge in [-0.1, -0.05) is 24.3 Å². The SMILES string of the molecule is CCOc1ccc(Cn2c(=O)c3sccc3n(CC(=O)Nc3ccccc3C(=O)OC)c2=O)cc1. The first kappa shape index (κ1) is 24.0. The number of esters is 1. The van der Waals surface area contributed by atoms with Crippen molar-refractivity contribution >= 4 is 39.1 Å². The van der Waals surface area contributed by atoms with Crippen molar-refractivity contribution in [2.45, 2.75) is 20.0 Å². The van der Waals surface area contributed by atoms with Crippen LogP contribution in [0.25, 0.3) is 10.2 Å². The Morgan fingerprint density at radius 2 is 1.74 bits per heavy atom. The maximum absolute atomic E-state index is 13.3. The molecule has 0 aliphatic carbocycles. The summed E-state index contributed by atoms with van der Waals surface area (Å²) >= 11 is 1.21. The number of rotatable bonds is 8. The zero-order chi connectivity index (χ0) is 24.9. The summed E-state index contributed by atoms with van der Waals surface area (Å²) in [6, 6.07) is 15.2. The quantitative estimate of drug-likeness (QED) is 0.378. The molecule has 4 aromatic rings. The van der Waals surface area contributed by atoms with Crippen molar-refractivity contribution in [3.8, 4) is 5.75 Å². The summed E-state index contributed by atoms with van der Waals surface area (Å²) < 4.78 is 13.0. The number of fused-ring (bicyclic) bond motifs is 1. The molecule has 0 radical (unpaired) electrons. The number of para-hydroxylation sites is 1. The zero-order valence-corrected chi connectivity index (χ0v) is 20.0. The number of aromatic nitrogens is 2. The van der Waals surface area contributed by atoms with Crippen LogP contribution in [0.5, 0.6) is 5.75 Å². The van der Waals surface area contributed by atoms with Gasteiger partial charge in [-0.15, -0.1) is 11.3 Å². The van der Waals surface area contributed by atoms with Crippen molar-refractivity contribution in [1.29, 1.82) is 0 Å². The van der Waals surface area contributed by atoms with Crippen LogP contribution in [0.1, 0.15) is 22.8 Å². The molecule has 0 bridgehead atoms. The molecule has 0 saturated heterocycles. The fraction of sp³-hybridized carbons (Fsp3) is 0.200. The first-order valence-electron chi connectivity index (χ1n) is 10.8. The number of benzene rings is 2. The molecule has 0 aliphatic rings. The van der Waals surface area contributed by atoms with Gasteiger partial charge in [-0.05, 0) is 48.2 Å². The molecule has 0 saturated carbocycles. The highest BCUT2D eigenvalue weighted by Crippen LogP contribution is 2.18. The van der Waals surface area contributed by atoms with Crippen LogP contribution in [0.4, 0.5) is 5.69 Å². The van der Waals surface area contributed by atoms with E-state index in [1.807, 2.05) is 6.92 Å². The van der Waals surface area contributed by atoms with Gasteiger partial charge in [-0.25, -0.2) is 9.59 Å². The topological polar surface area (TPSA) is 109 Å². The average molecular weight is 494 g/mol. The van der Waals surface area contributed by atoms with Crippen molar-refractivity contribution < 1.29 is 19.1 Å². The van der Waals surface area contributed by atoms with Gasteiger partial charge in [0, 0.05) is 0 Å². The summed E-state index contributed by atoms with van der Waals surface area (Å²) in [5.41, 5.74) is 0.558. The number of hydrogen-bond acceptors (Lipinski definition) is 7. The standard InChI is InChI=1S/C25H23N3O6S/c1-3-34-17-10-8-16(9-11-17)14-28-23(30)22-20(12-13-35-22)27(25(28)32)15-21(29)26-19-7-5-4-6-18(19)24(31)33-2/h4-13H,3,14-15H2,1-2H3,(H,26,29). The van der Waals surface area contributed by atoms with Crippen LogP contribution in [0.2, 0.25) is 0 Å². The summed E-state index contributed by atoms with van der Waals surface area (Å²) in [5.74, 6) is -0.428. The highest BCUT2D eigenvalue weighted by molar-refractivity contribution is 7.17. The molecule has 35 heavy (non-hydrogen) atoms. The minimum atomic E-state index is -0.605. The fourth-order valence-corrected chi connectivity index (χ4v) is 4.52. The molecule has 10 heteroatoms. The molecular formula is C25H23N3O6S. The molecular weight excluding hydrogens is 470 g/mol. The van der Waals surface area contributed by atoms with Gasteiger partial charge in [-0.2, -0.15) is 0 Å². The van der Waals surface area contributed by atoms with E-state index in [-0.39, 0.29) is 24.3 Å². The second-order valence-corrected chi connectivity index (χ2v) is 8.47. The highest BCUT2D eigenvalue weighted by Gasteiger charge is 2.18. The van der Waals surface area contributed by atoms with E-state index in [2.05, 4.69) is 5.32 Å². The Hall–Kier alpha value is -4.18. The van der Waals surface area contributed by atoms with Crippen molar-refractivity contribution in [3.05, 3.63) is 91.9 Å². The van der Waals surface area contributed by atoms with E-state index in [1.54, 1.807) is 53.9 Å². The maximum atomic E-state index is 13.3. The summed E-state index contributed by atoms with van der Waals surface area (Å²) in [6.07, 6.45) is 0. The lowest BCUT2D eigenvalue weighted by Gasteiger charge is -2.14. The van der Waals surface area contributed by atoms with Crippen LogP contribution in [-0.2, 0) is 22.6 Å². The first-order chi connectivity index (χ1) is 16.9. The van der Waals surface area contributed by atoms with Crippen LogP contribution < -0.4 is 21.3 Å². The molecule has 0 atom stereocenters. The first-order valence-corrected chi connectivity index (χ1v) is 11.7. The van der Waals surface area contributed by atoms with Gasteiger partial charge in [0.1, 0.15) is 17.0 Å². The van der Waals surface area contributed by atoms with E-state index in [4.69, 9.17) is 9.47 Å². The van der Waals surface area contributed by atoms with E-state index in [0.717, 1.165) is 10.1 Å². The number of methoxy groups -OCH3 is 1. The van der Waals surface area contributed by atoms with Gasteiger partial charge < -0.3 is 14.8 Å². The number of thiophene rings is 1. The molecule has 180 valence electrons. The molecule has 0 aliphatic heterocycles. The smallest absolute Gasteiger partial charge is 0.339 e. The number of ether oxygens (including phenoxy) is 2. The van der Waals surface area contributed by atoms with Crippen molar-refractivity contribution in [3.63, 3.8) is 0 Å². The van der Waals surface area contributed by atoms with Gasteiger partial charge in [0.15, 0.2) is 0 Å². The number of nitrogens with zero attached hydrogens (tertiary/aromatic N) is 2. The summed E-state index contributed by atoms with van der Waals surface area (Å²) in [6.45, 7) is 2.12. The zero-order valence-electron chi connectivity index (χ0n) is 19.1. The Kier molecular flexibility index (Phi) is 7.11. The van der Waals surface area contributed by atoms with Gasteiger partial charge in [0.2, 0.25) is 5.91 Å². The van der Waals surface area contributed by atoms with E-state index in [0.29, 0.717) is 22.6 Å². The number of amides is 1. The van der Waals surface area contributed by atoms with Crippen LogP contribution in [0.3, 0.4) is 0 Å². The fourth-order valence-electron chi connectivity index (χ4n) is 3.68. The van der Waals surface area contributed by atoms with Crippen LogP contribution >= 0.6 is 11.3 Å². The summed E-state index contributed by atoms with van der Waals surface area (Å²) in [7, 11) is 1.25. The molecule has 0 unspecified atom stereocenters. The Morgan fingerprint density at radius 1 is 1.00 bits per heavy atom. The molecule has 9 nitrogen and oxygen atoms in total. The second-order valence-electron chi connectivity index (χ2n) is 7.56. The monoisotopic (exact) mass is 493 g/mol. The van der Waals surface area contributed by atoms with Gasteiger partial charge in [0.25, 0.3) is 5.56 Å². The van der Waals surface area contributed by atoms with Crippen molar-refractivity contribution in [2.75, 3.05) is 19.0 Å². The minimum Gasteiger partial charge on any atom is -0.494 e. The molecule has 0 fully saturated rings. The molecule has 4 rings (SSSR count). The van der Waals surface area contributed by atoms with Crippen molar-refractivity contribution in [2.24, 2.45) is 0 Å². The van der Waals surface area contributed by atoms with Gasteiger partial charge >= 0.3 is 11.7 Å². The third-order valence-electron chi connectivity index (χ3n) is 5.32. The second kappa shape index (κ2) is 10.4. The van der Waals surface area contributed by atoms with E-state index >= 15 is 0 Å². The van der Waals surface area contributed by atoms with Crippen LogP contribution in [-0.4, -0.2) is 34.7 Å². The van der Waals surface area contributed by atoms with Gasteiger partial charge in [0.05, 0.1) is 37.0 Å². The lowest BCUT2D eigenvalue weighted by Crippen LogP contribution is -2.41. The average Bonchev–Trinajstić information content (AvgIpc) is 3.36. The predicted molar refractivity (Wildman–Crippen MR) is 133 cm³/mol. The summed E-state index contributed by atoms with van der Waals surface area (Å²) in [5, 5.41) is 4.37. The molecule has 2 aromatic carbocycles. The number of carbonyl (C=O) groups excluding carboxylic acids is 2. The molecule has 2 heterocycles. The largest absolute Gasteiger partial charge is 0.494 e. The van der Waals surface area contributed by atoms with Crippen molar-refractivity contribution in [1.82, 2.24) is 9.13 Å². The van der Waals surface area contributed by atoms with E-state index in [9.17, 15) is 19.2 Å². The minimum absolute atomic E-state index is 0.0463. The molecule has 1 amide bonds. The van der Waals surface area contributed by atoms with E-state index < -0.39 is 23.1 Å². The highest BCUT2D eigenvalue weighted by atomic mass is 32.1. The predicted octanol–water partition coefficient (Wildman–Crippen LogP) is 3.10. The Labute approximate surface area is 204 Å². The lowest BCUT2D eigenvalue weighted by molar-refractivity contribution is -0.116. The normalized spacial score (nSPS) is 10.8. The molecule has 1 N–H and O–H groups in total. The molecule has 0 spiro atoms. The Bertz CT molecular complexity index is 1500. The lowest BCUT2D eigenvalue weighted by atomic mass is 10.2. The van der Waals surface area contributed by atoms with Crippen LogP contribution in [0.15, 0.2) is 69.6 Å². The van der Waals surface area contributed by atoms with Gasteiger partial charge in [-0.3, -0.25) is 18.7 Å². The maximum Gasteiger partial charge on any atom is 0.339 e. The third-order valence-corrected chi connectivity index (χ3v) is 6.21. The van der Waals surface area contributed by atoms with Crippen LogP contribution in [0, 0.1) is 0 Å². The molecule has 2 aromatic heterocycles.